The summed E-state index contributed by atoms with van der Waals surface area (Å²) in [6.07, 6.45) is 2.27. The molecule has 1 aliphatic rings. The van der Waals surface area contributed by atoms with E-state index < -0.39 is 0 Å². The van der Waals surface area contributed by atoms with Gasteiger partial charge in [0, 0.05) is 5.56 Å². The molecule has 0 spiro atoms. The standard InChI is InChI=1S/C19H20Cl2N6O/c20-15-9-12(27-19(23)25-18(22)26-27)10-16(21)17(15)11-1-3-13(4-2-11)28-14-5-7-24-8-6-14/h1-4,9-10,14,24H,5-8H2,(H4,22,23,25,26). The molecule has 1 aromatic heterocycles. The number of ether oxygens (including phenoxy) is 1. The second kappa shape index (κ2) is 7.87. The van der Waals surface area contributed by atoms with E-state index >= 15 is 0 Å². The molecule has 0 atom stereocenters. The maximum Gasteiger partial charge on any atom is 0.241 e. The first-order valence-corrected chi connectivity index (χ1v) is 9.72. The number of nitrogens with one attached hydrogen (secondary N) is 1. The minimum Gasteiger partial charge on any atom is -0.490 e. The van der Waals surface area contributed by atoms with E-state index in [1.165, 1.54) is 4.68 Å². The first-order chi connectivity index (χ1) is 13.5. The molecule has 9 heteroatoms. The van der Waals surface area contributed by atoms with Crippen LogP contribution in [0, 0.1) is 0 Å². The van der Waals surface area contributed by atoms with E-state index in [9.17, 15) is 0 Å². The van der Waals surface area contributed by atoms with Crippen LogP contribution in [0.1, 0.15) is 12.8 Å². The van der Waals surface area contributed by atoms with Crippen LogP contribution in [0.2, 0.25) is 10.0 Å². The van der Waals surface area contributed by atoms with E-state index in [-0.39, 0.29) is 18.0 Å². The van der Waals surface area contributed by atoms with E-state index in [0.29, 0.717) is 15.7 Å². The number of nitrogens with two attached hydrogens (primary N) is 2. The second-order valence-corrected chi connectivity index (χ2v) is 7.43. The predicted octanol–water partition coefficient (Wildman–Crippen LogP) is 3.54. The highest BCUT2D eigenvalue weighted by Gasteiger charge is 2.16. The zero-order valence-electron chi connectivity index (χ0n) is 15.0. The molecule has 0 unspecified atom stereocenters. The summed E-state index contributed by atoms with van der Waals surface area (Å²) in [7, 11) is 0. The van der Waals surface area contributed by atoms with Gasteiger partial charge in [-0.1, -0.05) is 35.3 Å². The van der Waals surface area contributed by atoms with Crippen molar-refractivity contribution in [2.45, 2.75) is 18.9 Å². The normalized spacial score (nSPS) is 14.9. The average molecular weight is 419 g/mol. The van der Waals surface area contributed by atoms with Crippen molar-refractivity contribution in [2.24, 2.45) is 0 Å². The Labute approximate surface area is 172 Å². The molecule has 0 saturated carbocycles. The molecule has 1 aliphatic heterocycles. The van der Waals surface area contributed by atoms with Crippen LogP contribution in [-0.4, -0.2) is 34.0 Å². The number of piperidine rings is 1. The lowest BCUT2D eigenvalue weighted by atomic mass is 10.0. The Bertz CT molecular complexity index is 960. The van der Waals surface area contributed by atoms with Crippen LogP contribution < -0.4 is 21.5 Å². The van der Waals surface area contributed by atoms with E-state index in [4.69, 9.17) is 39.4 Å². The molecule has 28 heavy (non-hydrogen) atoms. The van der Waals surface area contributed by atoms with Gasteiger partial charge < -0.3 is 21.5 Å². The summed E-state index contributed by atoms with van der Waals surface area (Å²) in [4.78, 5) is 3.89. The van der Waals surface area contributed by atoms with Crippen LogP contribution >= 0.6 is 23.2 Å². The minimum absolute atomic E-state index is 0.0816. The second-order valence-electron chi connectivity index (χ2n) is 6.62. The van der Waals surface area contributed by atoms with Gasteiger partial charge in [0.25, 0.3) is 0 Å². The van der Waals surface area contributed by atoms with Crippen molar-refractivity contribution in [1.29, 1.82) is 0 Å². The number of rotatable bonds is 4. The fourth-order valence-electron chi connectivity index (χ4n) is 3.29. The molecule has 0 aliphatic carbocycles. The Balaban J connectivity index is 1.59. The van der Waals surface area contributed by atoms with E-state index in [1.54, 1.807) is 12.1 Å². The zero-order chi connectivity index (χ0) is 19.7. The summed E-state index contributed by atoms with van der Waals surface area (Å²) in [5.74, 6) is 1.08. The lowest BCUT2D eigenvalue weighted by Crippen LogP contribution is -2.34. The van der Waals surface area contributed by atoms with Gasteiger partial charge in [-0.15, -0.1) is 5.10 Å². The Morgan fingerprint density at radius 2 is 1.68 bits per heavy atom. The number of benzene rings is 2. The summed E-state index contributed by atoms with van der Waals surface area (Å²) >= 11 is 13.0. The molecule has 146 valence electrons. The topological polar surface area (TPSA) is 104 Å². The van der Waals surface area contributed by atoms with E-state index in [2.05, 4.69) is 15.4 Å². The van der Waals surface area contributed by atoms with Gasteiger partial charge in [0.1, 0.15) is 11.9 Å². The smallest absolute Gasteiger partial charge is 0.241 e. The molecule has 3 aromatic rings. The molecular weight excluding hydrogens is 399 g/mol. The largest absolute Gasteiger partial charge is 0.490 e. The number of hydrogen-bond acceptors (Lipinski definition) is 6. The highest BCUT2D eigenvalue weighted by Crippen LogP contribution is 2.37. The third-order valence-corrected chi connectivity index (χ3v) is 5.25. The number of halogens is 2. The van der Waals surface area contributed by atoms with Crippen molar-refractivity contribution in [3.05, 3.63) is 46.4 Å². The fraction of sp³-hybridized carbons (Fsp3) is 0.263. The van der Waals surface area contributed by atoms with Crippen molar-refractivity contribution in [3.63, 3.8) is 0 Å². The maximum absolute atomic E-state index is 6.52. The van der Waals surface area contributed by atoms with Crippen molar-refractivity contribution in [3.8, 4) is 22.6 Å². The van der Waals surface area contributed by atoms with E-state index in [1.807, 2.05) is 24.3 Å². The molecule has 7 nitrogen and oxygen atoms in total. The number of hydrogen-bond donors (Lipinski definition) is 3. The summed E-state index contributed by atoms with van der Waals surface area (Å²) in [6.45, 7) is 1.98. The summed E-state index contributed by atoms with van der Waals surface area (Å²) in [5.41, 5.74) is 13.6. The third-order valence-electron chi connectivity index (χ3n) is 4.65. The van der Waals surface area contributed by atoms with Crippen molar-refractivity contribution in [2.75, 3.05) is 24.6 Å². The van der Waals surface area contributed by atoms with Crippen LogP contribution in [0.5, 0.6) is 5.75 Å². The number of nitrogens with zero attached hydrogens (tertiary/aromatic N) is 3. The highest BCUT2D eigenvalue weighted by molar-refractivity contribution is 6.39. The van der Waals surface area contributed by atoms with Crippen LogP contribution in [0.3, 0.4) is 0 Å². The number of aromatic nitrogens is 3. The van der Waals surface area contributed by atoms with Crippen LogP contribution in [0.15, 0.2) is 36.4 Å². The molecule has 1 fully saturated rings. The van der Waals surface area contributed by atoms with Crippen LogP contribution in [0.4, 0.5) is 11.9 Å². The summed E-state index contributed by atoms with van der Waals surface area (Å²) in [6, 6.07) is 11.2. The first-order valence-electron chi connectivity index (χ1n) is 8.96. The predicted molar refractivity (Wildman–Crippen MR) is 112 cm³/mol. The molecule has 2 heterocycles. The van der Waals surface area contributed by atoms with Gasteiger partial charge in [-0.05, 0) is 55.8 Å². The van der Waals surface area contributed by atoms with Gasteiger partial charge in [0.2, 0.25) is 11.9 Å². The van der Waals surface area contributed by atoms with Gasteiger partial charge in [0.05, 0.1) is 15.7 Å². The third kappa shape index (κ3) is 3.87. The van der Waals surface area contributed by atoms with Crippen molar-refractivity contribution >= 4 is 35.1 Å². The van der Waals surface area contributed by atoms with Gasteiger partial charge in [0.15, 0.2) is 0 Å². The Kier molecular flexibility index (Phi) is 5.30. The molecule has 4 rings (SSSR count). The molecule has 0 bridgehead atoms. The molecule has 0 amide bonds. The number of anilines is 2. The van der Waals surface area contributed by atoms with Gasteiger partial charge in [-0.25, -0.2) is 0 Å². The zero-order valence-corrected chi connectivity index (χ0v) is 16.5. The lowest BCUT2D eigenvalue weighted by Gasteiger charge is -2.24. The average Bonchev–Trinajstić information content (AvgIpc) is 3.01. The lowest BCUT2D eigenvalue weighted by molar-refractivity contribution is 0.162. The van der Waals surface area contributed by atoms with E-state index in [0.717, 1.165) is 42.8 Å². The molecular formula is C19H20Cl2N6O. The van der Waals surface area contributed by atoms with Gasteiger partial charge in [-0.3, -0.25) is 0 Å². The Hall–Kier alpha value is -2.48. The number of nitrogen functional groups attached to an aromatic ring is 2. The Morgan fingerprint density at radius 3 is 2.25 bits per heavy atom. The van der Waals surface area contributed by atoms with Crippen molar-refractivity contribution < 1.29 is 4.74 Å². The molecule has 2 aromatic carbocycles. The van der Waals surface area contributed by atoms with Crippen LogP contribution in [0.25, 0.3) is 16.8 Å². The highest BCUT2D eigenvalue weighted by atomic mass is 35.5. The first kappa shape index (κ1) is 18.9. The van der Waals surface area contributed by atoms with Crippen molar-refractivity contribution in [1.82, 2.24) is 20.1 Å². The quantitative estimate of drug-likeness (QED) is 0.598. The molecule has 1 saturated heterocycles. The molecule has 0 radical (unpaired) electrons. The Morgan fingerprint density at radius 1 is 1.04 bits per heavy atom. The fourth-order valence-corrected chi connectivity index (χ4v) is 3.99. The maximum atomic E-state index is 6.52. The minimum atomic E-state index is 0.0816. The van der Waals surface area contributed by atoms with Gasteiger partial charge in [-0.2, -0.15) is 9.67 Å². The monoisotopic (exact) mass is 418 g/mol. The van der Waals surface area contributed by atoms with Crippen LogP contribution in [-0.2, 0) is 0 Å². The summed E-state index contributed by atoms with van der Waals surface area (Å²) in [5, 5.41) is 8.33. The molecule has 5 N–H and O–H groups in total. The summed E-state index contributed by atoms with van der Waals surface area (Å²) < 4.78 is 7.44. The van der Waals surface area contributed by atoms with Gasteiger partial charge >= 0.3 is 0 Å². The SMILES string of the molecule is Nc1nc(N)n(-c2cc(Cl)c(-c3ccc(OC4CCNCC4)cc3)c(Cl)c2)n1.